The molecule has 24 heavy (non-hydrogen) atoms. The predicted octanol–water partition coefficient (Wildman–Crippen LogP) is 1.30. The van der Waals surface area contributed by atoms with E-state index >= 15 is 0 Å². The number of non-ortho nitro benzene ring substituents is 1. The minimum Gasteiger partial charge on any atom is -0.375 e. The number of carbonyl (C=O) groups is 2. The van der Waals surface area contributed by atoms with Crippen LogP contribution in [0.25, 0.3) is 0 Å². The number of nitrogens with zero attached hydrogens (tertiary/aromatic N) is 1. The molecule has 0 bridgehead atoms. The molecule has 2 aromatic rings. The van der Waals surface area contributed by atoms with Crippen LogP contribution < -0.4 is 16.6 Å². The van der Waals surface area contributed by atoms with Crippen LogP contribution in [0.15, 0.2) is 48.5 Å². The third-order valence-corrected chi connectivity index (χ3v) is 3.13. The summed E-state index contributed by atoms with van der Waals surface area (Å²) in [6.45, 7) is 0. The van der Waals surface area contributed by atoms with Crippen molar-refractivity contribution in [2.24, 2.45) is 5.73 Å². The molecule has 9 heteroatoms. The maximum Gasteiger partial charge on any atom is 0.270 e. The fraction of sp³-hybridized carbons (Fsp3) is 0. The maximum atomic E-state index is 12.3. The smallest absolute Gasteiger partial charge is 0.270 e. The van der Waals surface area contributed by atoms with Crippen LogP contribution >= 0.6 is 12.2 Å². The number of rotatable bonds is 4. The summed E-state index contributed by atoms with van der Waals surface area (Å²) in [5.74, 6) is -0.857. The Morgan fingerprint density at radius 1 is 1.00 bits per heavy atom. The standard InChI is InChI=1S/C15H12N4O4S/c16-15(24)18-17-14(21)10-6-4-9(5-7-10)13(20)11-2-1-3-12(8-11)19(22)23/h1-8H,(H,17,21)(H3,16,18,24). The number of amides is 1. The average molecular weight is 344 g/mol. The van der Waals surface area contributed by atoms with Crippen molar-refractivity contribution in [2.75, 3.05) is 0 Å². The predicted molar refractivity (Wildman–Crippen MR) is 90.4 cm³/mol. The van der Waals surface area contributed by atoms with Gasteiger partial charge in [0.15, 0.2) is 10.9 Å². The van der Waals surface area contributed by atoms with Crippen LogP contribution in [-0.4, -0.2) is 21.7 Å². The van der Waals surface area contributed by atoms with Crippen LogP contribution in [0.1, 0.15) is 26.3 Å². The minimum absolute atomic E-state index is 0.0826. The molecule has 0 aliphatic carbocycles. The number of nitro benzene ring substituents is 1. The summed E-state index contributed by atoms with van der Waals surface area (Å²) in [6, 6.07) is 11.2. The highest BCUT2D eigenvalue weighted by atomic mass is 32.1. The third-order valence-electron chi connectivity index (χ3n) is 3.03. The van der Waals surface area contributed by atoms with Gasteiger partial charge in [0.2, 0.25) is 0 Å². The fourth-order valence-corrected chi connectivity index (χ4v) is 1.94. The first-order valence-electron chi connectivity index (χ1n) is 6.63. The van der Waals surface area contributed by atoms with Crippen molar-refractivity contribution in [3.8, 4) is 0 Å². The van der Waals surface area contributed by atoms with Crippen molar-refractivity contribution < 1.29 is 14.5 Å². The van der Waals surface area contributed by atoms with Crippen LogP contribution in [0.5, 0.6) is 0 Å². The van der Waals surface area contributed by atoms with Gasteiger partial charge in [0, 0.05) is 28.8 Å². The molecule has 0 saturated heterocycles. The number of nitro groups is 1. The summed E-state index contributed by atoms with van der Waals surface area (Å²) in [5, 5.41) is 10.7. The van der Waals surface area contributed by atoms with E-state index in [1.165, 1.54) is 48.5 Å². The van der Waals surface area contributed by atoms with E-state index < -0.39 is 10.8 Å². The molecule has 0 radical (unpaired) electrons. The average Bonchev–Trinajstić information content (AvgIpc) is 2.59. The zero-order valence-corrected chi connectivity index (χ0v) is 13.0. The number of nitrogens with one attached hydrogen (secondary N) is 2. The second-order valence-corrected chi connectivity index (χ2v) is 5.10. The second kappa shape index (κ2) is 7.29. The fourth-order valence-electron chi connectivity index (χ4n) is 1.89. The van der Waals surface area contributed by atoms with Crippen LogP contribution in [0.4, 0.5) is 5.69 Å². The van der Waals surface area contributed by atoms with Gasteiger partial charge in [-0.05, 0) is 24.4 Å². The molecule has 0 aliphatic heterocycles. The van der Waals surface area contributed by atoms with Gasteiger partial charge in [-0.15, -0.1) is 0 Å². The second-order valence-electron chi connectivity index (χ2n) is 4.66. The summed E-state index contributed by atoms with van der Waals surface area (Å²) in [7, 11) is 0. The van der Waals surface area contributed by atoms with Gasteiger partial charge < -0.3 is 5.73 Å². The highest BCUT2D eigenvalue weighted by molar-refractivity contribution is 7.80. The van der Waals surface area contributed by atoms with Crippen LogP contribution in [0.2, 0.25) is 0 Å². The molecule has 2 aromatic carbocycles. The van der Waals surface area contributed by atoms with Crippen molar-refractivity contribution in [3.63, 3.8) is 0 Å². The molecule has 2 rings (SSSR count). The van der Waals surface area contributed by atoms with E-state index in [1.54, 1.807) is 0 Å². The minimum atomic E-state index is -0.570. The van der Waals surface area contributed by atoms with E-state index in [0.29, 0.717) is 5.56 Å². The molecule has 0 aliphatic rings. The van der Waals surface area contributed by atoms with Gasteiger partial charge in [-0.3, -0.25) is 30.6 Å². The monoisotopic (exact) mass is 344 g/mol. The Morgan fingerprint density at radius 2 is 1.62 bits per heavy atom. The lowest BCUT2D eigenvalue weighted by atomic mass is 10.0. The summed E-state index contributed by atoms with van der Waals surface area (Å²) < 4.78 is 0. The quantitative estimate of drug-likeness (QED) is 0.330. The van der Waals surface area contributed by atoms with E-state index in [2.05, 4.69) is 23.1 Å². The number of benzene rings is 2. The van der Waals surface area contributed by atoms with Gasteiger partial charge in [0.05, 0.1) is 4.92 Å². The van der Waals surface area contributed by atoms with Gasteiger partial charge in [0.1, 0.15) is 0 Å². The van der Waals surface area contributed by atoms with Crippen molar-refractivity contribution in [1.82, 2.24) is 10.9 Å². The van der Waals surface area contributed by atoms with Gasteiger partial charge in [-0.2, -0.15) is 0 Å². The number of hydrogen-bond donors (Lipinski definition) is 3. The van der Waals surface area contributed by atoms with E-state index in [4.69, 9.17) is 5.73 Å². The molecule has 0 saturated carbocycles. The molecular weight excluding hydrogens is 332 g/mol. The lowest BCUT2D eigenvalue weighted by Gasteiger charge is -2.07. The Balaban J connectivity index is 2.17. The molecule has 122 valence electrons. The van der Waals surface area contributed by atoms with Crippen LogP contribution in [0.3, 0.4) is 0 Å². The molecule has 8 nitrogen and oxygen atoms in total. The van der Waals surface area contributed by atoms with Gasteiger partial charge in [-0.1, -0.05) is 24.3 Å². The first-order valence-corrected chi connectivity index (χ1v) is 7.04. The zero-order valence-electron chi connectivity index (χ0n) is 12.2. The highest BCUT2D eigenvalue weighted by Crippen LogP contribution is 2.17. The van der Waals surface area contributed by atoms with E-state index in [1.807, 2.05) is 0 Å². The molecule has 0 atom stereocenters. The Morgan fingerprint density at radius 3 is 2.21 bits per heavy atom. The van der Waals surface area contributed by atoms with Crippen molar-refractivity contribution >= 4 is 34.7 Å². The first-order chi connectivity index (χ1) is 11.4. The molecule has 0 aromatic heterocycles. The van der Waals surface area contributed by atoms with Crippen molar-refractivity contribution in [1.29, 1.82) is 0 Å². The Kier molecular flexibility index (Phi) is 5.17. The van der Waals surface area contributed by atoms with Crippen LogP contribution in [0, 0.1) is 10.1 Å². The summed E-state index contributed by atoms with van der Waals surface area (Å²) in [6.07, 6.45) is 0. The highest BCUT2D eigenvalue weighted by Gasteiger charge is 2.14. The number of nitrogens with two attached hydrogens (primary N) is 1. The third kappa shape index (κ3) is 4.11. The van der Waals surface area contributed by atoms with E-state index in [9.17, 15) is 19.7 Å². The van der Waals surface area contributed by atoms with Crippen LogP contribution in [-0.2, 0) is 0 Å². The number of thiocarbonyl (C=S) groups is 1. The van der Waals surface area contributed by atoms with Crippen molar-refractivity contribution in [3.05, 3.63) is 75.3 Å². The van der Waals surface area contributed by atoms with Gasteiger partial charge >= 0.3 is 0 Å². The SMILES string of the molecule is NC(=S)NNC(=O)c1ccc(C(=O)c2cccc([N+](=O)[O-])c2)cc1. The zero-order chi connectivity index (χ0) is 17.7. The molecule has 1 amide bonds. The van der Waals surface area contributed by atoms with Crippen molar-refractivity contribution in [2.45, 2.75) is 0 Å². The topological polar surface area (TPSA) is 127 Å². The largest absolute Gasteiger partial charge is 0.375 e. The maximum absolute atomic E-state index is 12.3. The van der Waals surface area contributed by atoms with Gasteiger partial charge in [-0.25, -0.2) is 0 Å². The first kappa shape index (κ1) is 17.0. The summed E-state index contributed by atoms with van der Waals surface area (Å²) in [4.78, 5) is 34.3. The van der Waals surface area contributed by atoms with E-state index in [-0.39, 0.29) is 27.7 Å². The number of carbonyl (C=O) groups excluding carboxylic acids is 2. The lowest BCUT2D eigenvalue weighted by molar-refractivity contribution is -0.384. The normalized spacial score (nSPS) is 9.83. The molecule has 4 N–H and O–H groups in total. The molecule has 0 fully saturated rings. The number of hydrogen-bond acceptors (Lipinski definition) is 5. The molecule has 0 unspecified atom stereocenters. The van der Waals surface area contributed by atoms with Gasteiger partial charge in [0.25, 0.3) is 11.6 Å². The number of hydrazine groups is 1. The molecular formula is C15H12N4O4S. The molecule has 0 heterocycles. The Hall–Kier alpha value is -3.33. The molecule has 0 spiro atoms. The number of ketones is 1. The Labute approximate surface area is 141 Å². The lowest BCUT2D eigenvalue weighted by Crippen LogP contribution is -2.44. The summed E-state index contributed by atoms with van der Waals surface area (Å²) >= 11 is 4.56. The summed E-state index contributed by atoms with van der Waals surface area (Å²) in [5.41, 5.74) is 10.4. The van der Waals surface area contributed by atoms with E-state index in [0.717, 1.165) is 0 Å². The Bertz CT molecular complexity index is 820.